The highest BCUT2D eigenvalue weighted by Crippen LogP contribution is 2.35. The Morgan fingerprint density at radius 2 is 2.23 bits per heavy atom. The molecule has 0 aromatic carbocycles. The van der Waals surface area contributed by atoms with E-state index in [1.54, 1.807) is 19.5 Å². The molecule has 3 aromatic heterocycles. The first-order valence-electron chi connectivity index (χ1n) is 10.2. The Labute approximate surface area is 179 Å². The zero-order chi connectivity index (χ0) is 21.3. The van der Waals surface area contributed by atoms with Crippen LogP contribution in [0.2, 0.25) is 0 Å². The van der Waals surface area contributed by atoms with E-state index in [1.807, 2.05) is 25.1 Å². The monoisotopic (exact) mass is 422 g/mol. The average Bonchev–Trinajstić information content (AvgIpc) is 3.12. The van der Waals surface area contributed by atoms with Crippen LogP contribution >= 0.6 is 11.3 Å². The minimum Gasteiger partial charge on any atom is -0.497 e. The molecule has 0 amide bonds. The van der Waals surface area contributed by atoms with Gasteiger partial charge in [0.1, 0.15) is 15.3 Å². The van der Waals surface area contributed by atoms with Crippen LogP contribution in [0, 0.1) is 0 Å². The van der Waals surface area contributed by atoms with Crippen LogP contribution in [0.5, 0.6) is 0 Å². The average molecular weight is 423 g/mol. The van der Waals surface area contributed by atoms with Crippen molar-refractivity contribution in [2.45, 2.75) is 46.1 Å². The van der Waals surface area contributed by atoms with Crippen molar-refractivity contribution in [3.8, 4) is 0 Å². The third-order valence-corrected chi connectivity index (χ3v) is 6.53. The Morgan fingerprint density at radius 1 is 1.40 bits per heavy atom. The first-order valence-corrected chi connectivity index (χ1v) is 11.0. The predicted molar refractivity (Wildman–Crippen MR) is 125 cm³/mol. The van der Waals surface area contributed by atoms with Crippen LogP contribution in [0.15, 0.2) is 52.8 Å². The summed E-state index contributed by atoms with van der Waals surface area (Å²) in [6.07, 6.45) is 12.2. The number of hydrogen-bond acceptors (Lipinski definition) is 6. The predicted octanol–water partition coefficient (Wildman–Crippen LogP) is 5.33. The van der Waals surface area contributed by atoms with Gasteiger partial charge in [-0.15, -0.1) is 11.3 Å². The van der Waals surface area contributed by atoms with Crippen molar-refractivity contribution in [3.05, 3.63) is 58.4 Å². The van der Waals surface area contributed by atoms with E-state index in [9.17, 15) is 4.79 Å². The molecule has 7 heteroatoms. The van der Waals surface area contributed by atoms with E-state index in [1.165, 1.54) is 16.0 Å². The Kier molecular flexibility index (Phi) is 5.72. The summed E-state index contributed by atoms with van der Waals surface area (Å²) >= 11 is 1.43. The Morgan fingerprint density at radius 3 is 3.00 bits per heavy atom. The molecule has 1 unspecified atom stereocenters. The van der Waals surface area contributed by atoms with Crippen LogP contribution in [0.3, 0.4) is 0 Å². The molecule has 0 aliphatic heterocycles. The quantitative estimate of drug-likeness (QED) is 0.602. The fraction of sp³-hybridized carbons (Fsp3) is 0.348. The lowest BCUT2D eigenvalue weighted by molar-refractivity contribution is 0.303. The summed E-state index contributed by atoms with van der Waals surface area (Å²) in [4.78, 5) is 18.8. The van der Waals surface area contributed by atoms with Crippen LogP contribution in [0.4, 0.5) is 5.69 Å². The maximum atomic E-state index is 13.4. The zero-order valence-electron chi connectivity index (χ0n) is 17.7. The number of allylic oxidation sites excluding steroid dienone is 5. The fourth-order valence-electron chi connectivity index (χ4n) is 3.63. The first kappa shape index (κ1) is 20.3. The van der Waals surface area contributed by atoms with Gasteiger partial charge in [-0.05, 0) is 56.9 Å². The van der Waals surface area contributed by atoms with Crippen molar-refractivity contribution in [2.24, 2.45) is 0 Å². The zero-order valence-corrected chi connectivity index (χ0v) is 18.5. The van der Waals surface area contributed by atoms with E-state index in [0.717, 1.165) is 57.6 Å². The smallest absolute Gasteiger partial charge is 0.289 e. The van der Waals surface area contributed by atoms with Gasteiger partial charge in [0.2, 0.25) is 0 Å². The highest BCUT2D eigenvalue weighted by molar-refractivity contribution is 7.25. The molecule has 0 saturated carbocycles. The molecule has 1 aliphatic carbocycles. The summed E-state index contributed by atoms with van der Waals surface area (Å²) in [6.45, 7) is 6.27. The van der Waals surface area contributed by atoms with E-state index in [4.69, 9.17) is 4.74 Å². The van der Waals surface area contributed by atoms with E-state index < -0.39 is 0 Å². The molecule has 1 N–H and O–H groups in total. The Bertz CT molecular complexity index is 1250. The highest BCUT2D eigenvalue weighted by atomic mass is 32.1. The second-order valence-electron chi connectivity index (χ2n) is 7.53. The van der Waals surface area contributed by atoms with E-state index in [2.05, 4.69) is 35.3 Å². The fourth-order valence-corrected chi connectivity index (χ4v) is 4.69. The van der Waals surface area contributed by atoms with E-state index in [0.29, 0.717) is 10.7 Å². The molecule has 4 rings (SSSR count). The number of methoxy groups -OCH3 is 1. The van der Waals surface area contributed by atoms with Crippen LogP contribution < -0.4 is 10.9 Å². The molecule has 0 radical (unpaired) electrons. The number of anilines is 1. The second-order valence-corrected chi connectivity index (χ2v) is 8.53. The molecule has 0 fully saturated rings. The number of aromatic nitrogens is 3. The molecule has 156 valence electrons. The third kappa shape index (κ3) is 3.65. The third-order valence-electron chi connectivity index (χ3n) is 5.43. The molecule has 6 nitrogen and oxygen atoms in total. The Hall–Kier alpha value is -2.93. The van der Waals surface area contributed by atoms with Gasteiger partial charge < -0.3 is 10.1 Å². The summed E-state index contributed by atoms with van der Waals surface area (Å²) in [5, 5.41) is 9.91. The molecular weight excluding hydrogens is 396 g/mol. The maximum Gasteiger partial charge on any atom is 0.289 e. The molecule has 3 heterocycles. The van der Waals surface area contributed by atoms with Gasteiger partial charge >= 0.3 is 0 Å². The topological polar surface area (TPSA) is 69.0 Å². The van der Waals surface area contributed by atoms with Gasteiger partial charge in [-0.3, -0.25) is 4.79 Å². The van der Waals surface area contributed by atoms with Gasteiger partial charge in [0.25, 0.3) is 5.56 Å². The minimum atomic E-state index is -0.104. The van der Waals surface area contributed by atoms with Crippen molar-refractivity contribution in [1.29, 1.82) is 0 Å². The van der Waals surface area contributed by atoms with Gasteiger partial charge in [-0.2, -0.15) is 5.10 Å². The van der Waals surface area contributed by atoms with Gasteiger partial charge in [0.15, 0.2) is 0 Å². The van der Waals surface area contributed by atoms with E-state index in [-0.39, 0.29) is 5.56 Å². The Balaban J connectivity index is 1.88. The number of nitrogens with one attached hydrogen (secondary N) is 1. The standard InChI is InChI=1S/C23H26N4O2S/c1-5-15(3)26-18-10-11-24-22-20(18)17-13-25-27(23(28)21(17)30-22)16-8-6-7-9-19(29-4)14(2)12-16/h7,9-13,15H,5-6,8H2,1-4H3,(H,24,26)/b9-7-,16-12+,19-14+. The van der Waals surface area contributed by atoms with Crippen molar-refractivity contribution in [2.75, 3.05) is 12.4 Å². The number of nitrogens with zero attached hydrogens (tertiary/aromatic N) is 3. The van der Waals surface area contributed by atoms with Gasteiger partial charge in [-0.25, -0.2) is 9.67 Å². The maximum absolute atomic E-state index is 13.4. The van der Waals surface area contributed by atoms with Gasteiger partial charge in [-0.1, -0.05) is 13.0 Å². The number of thiophene rings is 1. The molecule has 30 heavy (non-hydrogen) atoms. The molecule has 3 aromatic rings. The van der Waals surface area contributed by atoms with Crippen LogP contribution in [0.1, 0.15) is 40.0 Å². The van der Waals surface area contributed by atoms with Crippen molar-refractivity contribution in [3.63, 3.8) is 0 Å². The normalized spacial score (nSPS) is 21.0. The highest BCUT2D eigenvalue weighted by Gasteiger charge is 2.17. The molecule has 0 spiro atoms. The largest absolute Gasteiger partial charge is 0.497 e. The summed E-state index contributed by atoms with van der Waals surface area (Å²) in [5.74, 6) is 0.799. The summed E-state index contributed by atoms with van der Waals surface area (Å²) in [7, 11) is 1.66. The van der Waals surface area contributed by atoms with E-state index >= 15 is 0 Å². The van der Waals surface area contributed by atoms with Crippen LogP contribution in [-0.4, -0.2) is 27.9 Å². The van der Waals surface area contributed by atoms with Crippen molar-refractivity contribution < 1.29 is 4.74 Å². The molecule has 0 saturated heterocycles. The van der Waals surface area contributed by atoms with Crippen LogP contribution in [-0.2, 0) is 4.74 Å². The van der Waals surface area contributed by atoms with Gasteiger partial charge in [0, 0.05) is 34.4 Å². The SMILES string of the molecule is CCC(C)Nc1ccnc2sc3c(=O)n(/C4=C/C(C)=C(OC)\C=C/CC4)ncc3c12. The minimum absolute atomic E-state index is 0.104. The summed E-state index contributed by atoms with van der Waals surface area (Å²) in [5.41, 5.74) is 2.72. The van der Waals surface area contributed by atoms with Crippen molar-refractivity contribution >= 4 is 43.0 Å². The summed E-state index contributed by atoms with van der Waals surface area (Å²) in [6, 6.07) is 2.30. The van der Waals surface area contributed by atoms with Crippen LogP contribution in [0.25, 0.3) is 26.0 Å². The molecule has 0 bridgehead atoms. The lowest BCUT2D eigenvalue weighted by atomic mass is 10.1. The number of ether oxygens (including phenoxy) is 1. The van der Waals surface area contributed by atoms with Crippen molar-refractivity contribution in [1.82, 2.24) is 14.8 Å². The summed E-state index contributed by atoms with van der Waals surface area (Å²) < 4.78 is 7.65. The number of pyridine rings is 1. The molecular formula is C23H26N4O2S. The number of rotatable bonds is 5. The van der Waals surface area contributed by atoms with Gasteiger partial charge in [0.05, 0.1) is 13.3 Å². The number of hydrogen-bond donors (Lipinski definition) is 1. The number of fused-ring (bicyclic) bond motifs is 3. The second kappa shape index (κ2) is 8.44. The lowest BCUT2D eigenvalue weighted by Gasteiger charge is -2.14. The lowest BCUT2D eigenvalue weighted by Crippen LogP contribution is -2.21. The first-order chi connectivity index (χ1) is 14.5. The molecule has 1 atom stereocenters. The molecule has 1 aliphatic rings.